The van der Waals surface area contributed by atoms with Gasteiger partial charge in [0.2, 0.25) is 5.91 Å². The van der Waals surface area contributed by atoms with Crippen LogP contribution in [-0.4, -0.2) is 18.0 Å². The lowest BCUT2D eigenvalue weighted by molar-refractivity contribution is -0.118. The van der Waals surface area contributed by atoms with E-state index in [2.05, 4.69) is 4.98 Å². The highest BCUT2D eigenvalue weighted by atomic mass is 35.5. The summed E-state index contributed by atoms with van der Waals surface area (Å²) in [6.07, 6.45) is 0. The number of primary amides is 1. The summed E-state index contributed by atoms with van der Waals surface area (Å²) in [5.74, 6) is -0.453. The average molecular weight is 347 g/mol. The molecule has 0 saturated heterocycles. The topological polar surface area (TPSA) is 65.2 Å². The van der Waals surface area contributed by atoms with Gasteiger partial charge in [-0.15, -0.1) is 11.3 Å². The van der Waals surface area contributed by atoms with E-state index in [1.165, 1.54) is 0 Å². The fraction of sp³-hybridized carbons (Fsp3) is 0.176. The molecule has 1 amide bonds. The van der Waals surface area contributed by atoms with Crippen molar-refractivity contribution in [3.05, 3.63) is 57.6 Å². The van der Waals surface area contributed by atoms with Gasteiger partial charge in [0, 0.05) is 0 Å². The summed E-state index contributed by atoms with van der Waals surface area (Å²) in [6, 6.07) is 11.0. The van der Waals surface area contributed by atoms with E-state index >= 15 is 0 Å². The van der Waals surface area contributed by atoms with Gasteiger partial charge in [-0.2, -0.15) is 0 Å². The molecule has 0 spiro atoms. The zero-order valence-corrected chi connectivity index (χ0v) is 14.2. The number of nitrogens with two attached hydrogens (primary N) is 1. The molecule has 0 aliphatic rings. The number of aryl methyl sites for hydroxylation is 1. The van der Waals surface area contributed by atoms with E-state index in [4.69, 9.17) is 22.1 Å². The van der Waals surface area contributed by atoms with Crippen molar-refractivity contribution in [1.82, 2.24) is 4.98 Å². The van der Waals surface area contributed by atoms with Crippen LogP contribution >= 0.6 is 22.9 Å². The van der Waals surface area contributed by atoms with Crippen molar-refractivity contribution in [3.8, 4) is 5.75 Å². The van der Waals surface area contributed by atoms with Gasteiger partial charge in [-0.1, -0.05) is 29.8 Å². The van der Waals surface area contributed by atoms with E-state index in [0.717, 1.165) is 15.3 Å². The van der Waals surface area contributed by atoms with Crippen molar-refractivity contribution in [2.45, 2.75) is 12.8 Å². The normalized spacial score (nSPS) is 12.3. The molecule has 1 heterocycles. The molecular weight excluding hydrogens is 332 g/mol. The highest BCUT2D eigenvalue weighted by Gasteiger charge is 2.25. The van der Waals surface area contributed by atoms with Gasteiger partial charge in [0.1, 0.15) is 11.3 Å². The number of hydrogen-bond donors (Lipinski definition) is 1. The Hall–Kier alpha value is -2.11. The van der Waals surface area contributed by atoms with Crippen molar-refractivity contribution in [2.75, 3.05) is 7.11 Å². The second-order valence-corrected chi connectivity index (χ2v) is 6.77. The molecule has 1 unspecified atom stereocenters. The van der Waals surface area contributed by atoms with E-state index in [-0.39, 0.29) is 0 Å². The Labute approximate surface area is 142 Å². The van der Waals surface area contributed by atoms with Gasteiger partial charge in [-0.3, -0.25) is 4.79 Å². The Morgan fingerprint density at radius 1 is 1.35 bits per heavy atom. The maximum Gasteiger partial charge on any atom is 0.229 e. The molecule has 23 heavy (non-hydrogen) atoms. The Bertz CT molecular complexity index is 891. The summed E-state index contributed by atoms with van der Waals surface area (Å²) in [6.45, 7) is 1.92. The predicted molar refractivity (Wildman–Crippen MR) is 93.4 cm³/mol. The molecule has 2 aromatic carbocycles. The molecule has 1 aromatic heterocycles. The van der Waals surface area contributed by atoms with Crippen LogP contribution in [-0.2, 0) is 4.79 Å². The summed E-state index contributed by atoms with van der Waals surface area (Å²) >= 11 is 8.09. The number of hydrogen-bond acceptors (Lipinski definition) is 4. The lowest BCUT2D eigenvalue weighted by atomic mass is 9.90. The monoisotopic (exact) mass is 346 g/mol. The standard InChI is InChI=1S/C17H15ClN2O2S/c1-9-20-16-13(23-9)7-6-12(15(16)18)14(17(19)21)10-4-3-5-11(8-10)22-2/h3-8,14H,1-2H3,(H2,19,21). The largest absolute Gasteiger partial charge is 0.497 e. The minimum atomic E-state index is -0.649. The smallest absolute Gasteiger partial charge is 0.229 e. The summed E-state index contributed by atoms with van der Waals surface area (Å²) < 4.78 is 6.22. The van der Waals surface area contributed by atoms with Gasteiger partial charge in [-0.05, 0) is 36.2 Å². The number of carbonyl (C=O) groups excluding carboxylic acids is 1. The summed E-state index contributed by atoms with van der Waals surface area (Å²) in [7, 11) is 1.58. The van der Waals surface area contributed by atoms with Crippen molar-refractivity contribution >= 4 is 39.1 Å². The first-order valence-electron chi connectivity index (χ1n) is 7.00. The quantitative estimate of drug-likeness (QED) is 0.779. The molecule has 6 heteroatoms. The van der Waals surface area contributed by atoms with E-state index in [1.807, 2.05) is 37.3 Å². The van der Waals surface area contributed by atoms with Gasteiger partial charge in [0.15, 0.2) is 0 Å². The van der Waals surface area contributed by atoms with Gasteiger partial charge >= 0.3 is 0 Å². The summed E-state index contributed by atoms with van der Waals surface area (Å²) in [4.78, 5) is 16.6. The first-order valence-corrected chi connectivity index (χ1v) is 8.19. The second kappa shape index (κ2) is 6.18. The molecule has 3 aromatic rings. The minimum Gasteiger partial charge on any atom is -0.497 e. The van der Waals surface area contributed by atoms with Crippen LogP contribution in [0.2, 0.25) is 5.02 Å². The molecule has 1 atom stereocenters. The van der Waals surface area contributed by atoms with Gasteiger partial charge in [0.05, 0.1) is 27.8 Å². The molecule has 0 aliphatic carbocycles. The molecule has 4 nitrogen and oxygen atoms in total. The number of ether oxygens (including phenoxy) is 1. The van der Waals surface area contributed by atoms with E-state index in [9.17, 15) is 4.79 Å². The van der Waals surface area contributed by atoms with Gasteiger partial charge in [0.25, 0.3) is 0 Å². The van der Waals surface area contributed by atoms with E-state index in [1.54, 1.807) is 24.5 Å². The Kier molecular flexibility index (Phi) is 4.24. The number of aromatic nitrogens is 1. The van der Waals surface area contributed by atoms with Gasteiger partial charge in [-0.25, -0.2) is 4.98 Å². The molecule has 0 aliphatic heterocycles. The Balaban J connectivity index is 2.18. The van der Waals surface area contributed by atoms with Crippen LogP contribution in [0.15, 0.2) is 36.4 Å². The minimum absolute atomic E-state index is 0.466. The number of amides is 1. The number of rotatable bonds is 4. The molecule has 3 rings (SSSR count). The molecule has 2 N–H and O–H groups in total. The molecule has 0 fully saturated rings. The average Bonchev–Trinajstić information content (AvgIpc) is 2.91. The molecule has 0 radical (unpaired) electrons. The van der Waals surface area contributed by atoms with Gasteiger partial charge < -0.3 is 10.5 Å². The maximum absolute atomic E-state index is 12.1. The lowest BCUT2D eigenvalue weighted by Gasteiger charge is -2.17. The molecule has 118 valence electrons. The third-order valence-corrected chi connectivity index (χ3v) is 4.99. The van der Waals surface area contributed by atoms with Crippen molar-refractivity contribution in [2.24, 2.45) is 5.73 Å². The second-order valence-electron chi connectivity index (χ2n) is 5.16. The van der Waals surface area contributed by atoms with E-state index < -0.39 is 11.8 Å². The molecule has 0 saturated carbocycles. The first-order chi connectivity index (χ1) is 11.0. The number of carbonyl (C=O) groups is 1. The van der Waals surface area contributed by atoms with Crippen LogP contribution in [0.1, 0.15) is 22.1 Å². The third kappa shape index (κ3) is 2.90. The Morgan fingerprint density at radius 3 is 2.83 bits per heavy atom. The predicted octanol–water partition coefficient (Wildman–Crippen LogP) is 3.88. The van der Waals surface area contributed by atoms with Crippen LogP contribution in [0, 0.1) is 6.92 Å². The molecule has 0 bridgehead atoms. The van der Waals surface area contributed by atoms with Crippen LogP contribution < -0.4 is 10.5 Å². The number of thiazole rings is 1. The highest BCUT2D eigenvalue weighted by Crippen LogP contribution is 2.37. The zero-order valence-electron chi connectivity index (χ0n) is 12.7. The van der Waals surface area contributed by atoms with Crippen molar-refractivity contribution in [3.63, 3.8) is 0 Å². The summed E-state index contributed by atoms with van der Waals surface area (Å²) in [5, 5.41) is 1.40. The number of methoxy groups -OCH3 is 1. The van der Waals surface area contributed by atoms with Crippen molar-refractivity contribution in [1.29, 1.82) is 0 Å². The van der Waals surface area contributed by atoms with Crippen LogP contribution in [0.5, 0.6) is 5.75 Å². The number of halogens is 1. The SMILES string of the molecule is COc1cccc(C(C(N)=O)c2ccc3sc(C)nc3c2Cl)c1. The Morgan fingerprint density at radius 2 is 2.13 bits per heavy atom. The fourth-order valence-electron chi connectivity index (χ4n) is 2.63. The number of nitrogens with zero attached hydrogens (tertiary/aromatic N) is 1. The molecular formula is C17H15ClN2O2S. The highest BCUT2D eigenvalue weighted by molar-refractivity contribution is 7.18. The summed E-state index contributed by atoms with van der Waals surface area (Å²) in [5.41, 5.74) is 7.76. The third-order valence-electron chi connectivity index (χ3n) is 3.66. The first kappa shape index (κ1) is 15.8. The lowest BCUT2D eigenvalue weighted by Crippen LogP contribution is -2.22. The van der Waals surface area contributed by atoms with E-state index in [0.29, 0.717) is 21.9 Å². The van der Waals surface area contributed by atoms with Crippen molar-refractivity contribution < 1.29 is 9.53 Å². The maximum atomic E-state index is 12.1. The number of benzene rings is 2. The van der Waals surface area contributed by atoms with Crippen LogP contribution in [0.4, 0.5) is 0 Å². The van der Waals surface area contributed by atoms with Crippen LogP contribution in [0.3, 0.4) is 0 Å². The fourth-order valence-corrected chi connectivity index (χ4v) is 3.84. The zero-order chi connectivity index (χ0) is 16.6. The number of fused-ring (bicyclic) bond motifs is 1. The van der Waals surface area contributed by atoms with Crippen LogP contribution in [0.25, 0.3) is 10.2 Å².